The van der Waals surface area contributed by atoms with Gasteiger partial charge in [0.1, 0.15) is 24.4 Å². The van der Waals surface area contributed by atoms with Crippen LogP contribution in [0.3, 0.4) is 0 Å². The summed E-state index contributed by atoms with van der Waals surface area (Å²) in [5.74, 6) is 1.31. The SMILES string of the molecule is CC1CN(C(=O)O)CCC1n1ncc(COc2ccc(-n3cnnn3)nc2)n1. The van der Waals surface area contributed by atoms with Crippen LogP contribution in [0.5, 0.6) is 5.75 Å². The minimum absolute atomic E-state index is 0.0709. The molecule has 1 fully saturated rings. The number of hydrogen-bond donors (Lipinski definition) is 1. The van der Waals surface area contributed by atoms with Crippen molar-refractivity contribution in [3.63, 3.8) is 0 Å². The zero-order chi connectivity index (χ0) is 19.5. The van der Waals surface area contributed by atoms with E-state index in [1.165, 1.54) is 15.9 Å². The number of hydrogen-bond acceptors (Lipinski definition) is 8. The molecule has 3 aromatic heterocycles. The molecule has 0 saturated carbocycles. The Bertz CT molecular complexity index is 925. The van der Waals surface area contributed by atoms with E-state index in [0.29, 0.717) is 36.8 Å². The number of rotatable bonds is 5. The van der Waals surface area contributed by atoms with Crippen molar-refractivity contribution in [2.75, 3.05) is 13.1 Å². The molecule has 1 aliphatic rings. The van der Waals surface area contributed by atoms with Crippen LogP contribution >= 0.6 is 0 Å². The lowest BCUT2D eigenvalue weighted by Gasteiger charge is -2.34. The molecule has 0 spiro atoms. The number of aromatic nitrogens is 8. The van der Waals surface area contributed by atoms with E-state index in [1.807, 2.05) is 6.92 Å². The second-order valence-corrected chi connectivity index (χ2v) is 6.61. The smallest absolute Gasteiger partial charge is 0.407 e. The second-order valence-electron chi connectivity index (χ2n) is 6.61. The molecule has 1 aliphatic heterocycles. The van der Waals surface area contributed by atoms with Crippen LogP contribution < -0.4 is 4.74 Å². The van der Waals surface area contributed by atoms with Gasteiger partial charge < -0.3 is 14.7 Å². The van der Waals surface area contributed by atoms with Crippen molar-refractivity contribution < 1.29 is 14.6 Å². The molecule has 4 heterocycles. The lowest BCUT2D eigenvalue weighted by Crippen LogP contribution is -2.43. The van der Waals surface area contributed by atoms with Crippen molar-refractivity contribution in [3.8, 4) is 11.6 Å². The van der Waals surface area contributed by atoms with E-state index in [2.05, 4.69) is 30.7 Å². The van der Waals surface area contributed by atoms with Gasteiger partial charge in [0.15, 0.2) is 5.82 Å². The van der Waals surface area contributed by atoms with Gasteiger partial charge in [0.25, 0.3) is 0 Å². The maximum Gasteiger partial charge on any atom is 0.407 e. The van der Waals surface area contributed by atoms with E-state index in [9.17, 15) is 4.79 Å². The average Bonchev–Trinajstić information content (AvgIpc) is 3.39. The highest BCUT2D eigenvalue weighted by Crippen LogP contribution is 2.26. The standard InChI is InChI=1S/C16H19N9O3/c1-11-8-23(16(26)27)5-4-14(11)25-19-6-12(20-25)9-28-13-2-3-15(17-7-13)24-10-18-21-22-24/h2-3,6-7,10-11,14H,4-5,8-9H2,1H3,(H,26,27). The van der Waals surface area contributed by atoms with E-state index in [0.717, 1.165) is 0 Å². The van der Waals surface area contributed by atoms with Gasteiger partial charge in [0.2, 0.25) is 0 Å². The van der Waals surface area contributed by atoms with Crippen molar-refractivity contribution in [1.29, 1.82) is 0 Å². The molecule has 1 saturated heterocycles. The Kier molecular flexibility index (Phi) is 4.83. The minimum atomic E-state index is -0.882. The van der Waals surface area contributed by atoms with Crippen LogP contribution in [0.2, 0.25) is 0 Å². The monoisotopic (exact) mass is 385 g/mol. The highest BCUT2D eigenvalue weighted by molar-refractivity contribution is 5.65. The molecule has 12 nitrogen and oxygen atoms in total. The lowest BCUT2D eigenvalue weighted by molar-refractivity contribution is 0.0963. The summed E-state index contributed by atoms with van der Waals surface area (Å²) < 4.78 is 7.17. The van der Waals surface area contributed by atoms with E-state index in [1.54, 1.807) is 29.3 Å². The molecule has 0 aliphatic carbocycles. The number of pyridine rings is 1. The Balaban J connectivity index is 1.34. The third-order valence-corrected chi connectivity index (χ3v) is 4.67. The van der Waals surface area contributed by atoms with Gasteiger partial charge in [-0.3, -0.25) is 0 Å². The zero-order valence-corrected chi connectivity index (χ0v) is 15.2. The van der Waals surface area contributed by atoms with Crippen LogP contribution in [-0.2, 0) is 6.61 Å². The number of amides is 1. The first-order chi connectivity index (χ1) is 13.6. The van der Waals surface area contributed by atoms with Gasteiger partial charge in [0.05, 0.1) is 18.4 Å². The quantitative estimate of drug-likeness (QED) is 0.675. The summed E-state index contributed by atoms with van der Waals surface area (Å²) in [6.45, 7) is 3.23. The number of nitrogens with zero attached hydrogens (tertiary/aromatic N) is 9. The molecule has 0 bridgehead atoms. The van der Waals surface area contributed by atoms with E-state index in [-0.39, 0.29) is 18.6 Å². The van der Waals surface area contributed by atoms with Gasteiger partial charge in [-0.1, -0.05) is 6.92 Å². The normalized spacial score (nSPS) is 19.5. The maximum atomic E-state index is 11.1. The predicted octanol–water partition coefficient (Wildman–Crippen LogP) is 0.789. The summed E-state index contributed by atoms with van der Waals surface area (Å²) in [6, 6.07) is 3.60. The van der Waals surface area contributed by atoms with Crippen molar-refractivity contribution >= 4 is 6.09 Å². The fraction of sp³-hybridized carbons (Fsp3) is 0.438. The number of carbonyl (C=O) groups is 1. The molecule has 146 valence electrons. The van der Waals surface area contributed by atoms with Crippen molar-refractivity contribution in [2.45, 2.75) is 26.0 Å². The Labute approximate surface area is 159 Å². The first-order valence-corrected chi connectivity index (χ1v) is 8.81. The number of piperidine rings is 1. The van der Waals surface area contributed by atoms with Gasteiger partial charge in [-0.15, -0.1) is 5.10 Å². The highest BCUT2D eigenvalue weighted by atomic mass is 16.5. The molecule has 1 N–H and O–H groups in total. The molecule has 4 rings (SSSR count). The summed E-state index contributed by atoms with van der Waals surface area (Å²) in [7, 11) is 0. The molecule has 12 heteroatoms. The number of carboxylic acid groups (broad SMARTS) is 1. The number of tetrazole rings is 1. The van der Waals surface area contributed by atoms with E-state index < -0.39 is 6.09 Å². The van der Waals surface area contributed by atoms with Gasteiger partial charge in [-0.05, 0) is 34.9 Å². The lowest BCUT2D eigenvalue weighted by atomic mass is 9.95. The average molecular weight is 385 g/mol. The molecule has 28 heavy (non-hydrogen) atoms. The van der Waals surface area contributed by atoms with Crippen LogP contribution in [0.1, 0.15) is 25.1 Å². The summed E-state index contributed by atoms with van der Waals surface area (Å²) in [6.07, 6.45) is 4.52. The van der Waals surface area contributed by atoms with Crippen LogP contribution in [-0.4, -0.2) is 69.4 Å². The highest BCUT2D eigenvalue weighted by Gasteiger charge is 2.30. The number of likely N-dealkylation sites (tertiary alicyclic amines) is 1. The zero-order valence-electron chi connectivity index (χ0n) is 15.2. The first kappa shape index (κ1) is 17.8. The van der Waals surface area contributed by atoms with Crippen LogP contribution in [0.4, 0.5) is 4.79 Å². The Hall–Kier alpha value is -3.57. The fourth-order valence-corrected chi connectivity index (χ4v) is 3.20. The molecule has 2 unspecified atom stereocenters. The van der Waals surface area contributed by atoms with Crippen molar-refractivity contribution in [3.05, 3.63) is 36.5 Å². The largest absolute Gasteiger partial charge is 0.486 e. The predicted molar refractivity (Wildman–Crippen MR) is 93.7 cm³/mol. The van der Waals surface area contributed by atoms with E-state index in [4.69, 9.17) is 9.84 Å². The molecule has 0 radical (unpaired) electrons. The van der Waals surface area contributed by atoms with Gasteiger partial charge in [-0.2, -0.15) is 19.7 Å². The summed E-state index contributed by atoms with van der Waals surface area (Å²) in [4.78, 5) is 18.5. The summed E-state index contributed by atoms with van der Waals surface area (Å²) >= 11 is 0. The molecular formula is C16H19N9O3. The van der Waals surface area contributed by atoms with Gasteiger partial charge in [0, 0.05) is 13.1 Å². The first-order valence-electron chi connectivity index (χ1n) is 8.81. The van der Waals surface area contributed by atoms with Gasteiger partial charge in [-0.25, -0.2) is 9.78 Å². The Morgan fingerprint density at radius 2 is 2.25 bits per heavy atom. The third kappa shape index (κ3) is 3.75. The topological polar surface area (TPSA) is 137 Å². The van der Waals surface area contributed by atoms with Crippen molar-refractivity contribution in [1.82, 2.24) is 45.1 Å². The molecule has 2 atom stereocenters. The number of ether oxygens (including phenoxy) is 1. The van der Waals surface area contributed by atoms with Gasteiger partial charge >= 0.3 is 6.09 Å². The second kappa shape index (κ2) is 7.58. The third-order valence-electron chi connectivity index (χ3n) is 4.67. The molecule has 0 aromatic carbocycles. The molecular weight excluding hydrogens is 366 g/mol. The van der Waals surface area contributed by atoms with E-state index >= 15 is 0 Å². The minimum Gasteiger partial charge on any atom is -0.486 e. The van der Waals surface area contributed by atoms with Crippen LogP contribution in [0.25, 0.3) is 5.82 Å². The Morgan fingerprint density at radius 3 is 2.93 bits per heavy atom. The van der Waals surface area contributed by atoms with Crippen LogP contribution in [0.15, 0.2) is 30.9 Å². The Morgan fingerprint density at radius 1 is 1.36 bits per heavy atom. The van der Waals surface area contributed by atoms with Crippen LogP contribution in [0, 0.1) is 5.92 Å². The van der Waals surface area contributed by atoms with Crippen molar-refractivity contribution in [2.24, 2.45) is 5.92 Å². The molecule has 1 amide bonds. The fourth-order valence-electron chi connectivity index (χ4n) is 3.20. The molecule has 3 aromatic rings. The summed E-state index contributed by atoms with van der Waals surface area (Å²) in [5.41, 5.74) is 0.692. The maximum absolute atomic E-state index is 11.1. The summed E-state index contributed by atoms with van der Waals surface area (Å²) in [5, 5.41) is 28.9.